The lowest BCUT2D eigenvalue weighted by Crippen LogP contribution is -2.27. The summed E-state index contributed by atoms with van der Waals surface area (Å²) in [4.78, 5) is 15.1. The highest BCUT2D eigenvalue weighted by molar-refractivity contribution is 5.78. The fourth-order valence-electron chi connectivity index (χ4n) is 3.26. The zero-order valence-electron chi connectivity index (χ0n) is 12.3. The number of hydrogen-bond acceptors (Lipinski definition) is 3. The fourth-order valence-corrected chi connectivity index (χ4v) is 3.26. The molecule has 0 radical (unpaired) electrons. The van der Waals surface area contributed by atoms with Crippen molar-refractivity contribution < 1.29 is 4.42 Å². The van der Waals surface area contributed by atoms with Crippen LogP contribution >= 0.6 is 0 Å². The Kier molecular flexibility index (Phi) is 3.31. The first-order valence-corrected chi connectivity index (χ1v) is 7.72. The second-order valence-electron chi connectivity index (χ2n) is 5.84. The molecule has 0 amide bonds. The maximum Gasteiger partial charge on any atom is 0.252 e. The predicted molar refractivity (Wildman–Crippen MR) is 85.8 cm³/mol. The van der Waals surface area contributed by atoms with E-state index in [1.54, 1.807) is 6.26 Å². The topological polar surface area (TPSA) is 58.0 Å². The second kappa shape index (κ2) is 5.46. The molecule has 2 N–H and O–H groups in total. The maximum atomic E-state index is 12.2. The molecule has 1 unspecified atom stereocenters. The van der Waals surface area contributed by atoms with Gasteiger partial charge in [-0.25, -0.2) is 0 Å². The molecule has 1 aliphatic carbocycles. The van der Waals surface area contributed by atoms with Crippen LogP contribution in [0.5, 0.6) is 0 Å². The molecule has 0 spiro atoms. The zero-order valence-corrected chi connectivity index (χ0v) is 12.3. The molecule has 112 valence electrons. The molecular weight excluding hydrogens is 276 g/mol. The molecule has 0 aliphatic heterocycles. The summed E-state index contributed by atoms with van der Waals surface area (Å²) in [7, 11) is 0. The molecule has 22 heavy (non-hydrogen) atoms. The van der Waals surface area contributed by atoms with Crippen molar-refractivity contribution in [3.63, 3.8) is 0 Å². The first-order valence-electron chi connectivity index (χ1n) is 7.72. The minimum atomic E-state index is -0.0190. The predicted octanol–water partition coefficient (Wildman–Crippen LogP) is 3.29. The normalized spacial score (nSPS) is 17.5. The molecule has 1 aliphatic rings. The molecule has 2 heterocycles. The summed E-state index contributed by atoms with van der Waals surface area (Å²) in [5.74, 6) is 1.08. The van der Waals surface area contributed by atoms with Gasteiger partial charge in [0.15, 0.2) is 0 Å². The number of aryl methyl sites for hydroxylation is 1. The van der Waals surface area contributed by atoms with E-state index in [0.29, 0.717) is 6.54 Å². The molecular formula is C18H18N2O2. The van der Waals surface area contributed by atoms with Gasteiger partial charge >= 0.3 is 0 Å². The molecule has 4 nitrogen and oxygen atoms in total. The van der Waals surface area contributed by atoms with Gasteiger partial charge in [-0.1, -0.05) is 18.2 Å². The van der Waals surface area contributed by atoms with E-state index in [1.165, 1.54) is 5.56 Å². The minimum absolute atomic E-state index is 0.0190. The lowest BCUT2D eigenvalue weighted by atomic mass is 9.93. The van der Waals surface area contributed by atoms with Gasteiger partial charge in [0, 0.05) is 35.7 Å². The first-order chi connectivity index (χ1) is 10.8. The Hall–Kier alpha value is -2.33. The number of furan rings is 1. The standard InChI is InChI=1S/C18H18N2O2/c21-18-13(10-12-4-1-2-5-15(12)20-18)11-19-16-6-3-7-17-14(16)8-9-22-17/h1-2,4-5,8-10,16,19H,3,6-7,11H2,(H,20,21). The van der Waals surface area contributed by atoms with E-state index in [4.69, 9.17) is 4.42 Å². The summed E-state index contributed by atoms with van der Waals surface area (Å²) in [6.45, 7) is 0.565. The van der Waals surface area contributed by atoms with Gasteiger partial charge < -0.3 is 14.7 Å². The van der Waals surface area contributed by atoms with Crippen LogP contribution in [-0.2, 0) is 13.0 Å². The van der Waals surface area contributed by atoms with Gasteiger partial charge in [-0.2, -0.15) is 0 Å². The number of para-hydroxylation sites is 1. The van der Waals surface area contributed by atoms with Crippen molar-refractivity contribution in [2.75, 3.05) is 0 Å². The molecule has 0 bridgehead atoms. The van der Waals surface area contributed by atoms with Gasteiger partial charge in [0.1, 0.15) is 5.76 Å². The first kappa shape index (κ1) is 13.3. The van der Waals surface area contributed by atoms with Crippen molar-refractivity contribution in [3.8, 4) is 0 Å². The Morgan fingerprint density at radius 2 is 2.18 bits per heavy atom. The summed E-state index contributed by atoms with van der Waals surface area (Å²) in [5.41, 5.74) is 2.87. The van der Waals surface area contributed by atoms with Crippen molar-refractivity contribution in [1.82, 2.24) is 10.3 Å². The van der Waals surface area contributed by atoms with Crippen LogP contribution in [0.15, 0.2) is 51.9 Å². The highest BCUT2D eigenvalue weighted by Gasteiger charge is 2.22. The monoisotopic (exact) mass is 294 g/mol. The average molecular weight is 294 g/mol. The summed E-state index contributed by atoms with van der Waals surface area (Å²) >= 11 is 0. The van der Waals surface area contributed by atoms with Crippen LogP contribution in [-0.4, -0.2) is 4.98 Å². The van der Waals surface area contributed by atoms with Crippen LogP contribution < -0.4 is 10.9 Å². The number of aromatic nitrogens is 1. The number of aromatic amines is 1. The maximum absolute atomic E-state index is 12.2. The van der Waals surface area contributed by atoms with Gasteiger partial charge in [-0.05, 0) is 36.4 Å². The highest BCUT2D eigenvalue weighted by Crippen LogP contribution is 2.30. The molecule has 1 aromatic carbocycles. The Balaban J connectivity index is 1.58. The summed E-state index contributed by atoms with van der Waals surface area (Å²) in [6.07, 6.45) is 4.97. The number of fused-ring (bicyclic) bond motifs is 2. The van der Waals surface area contributed by atoms with Crippen LogP contribution in [0.3, 0.4) is 0 Å². The second-order valence-corrected chi connectivity index (χ2v) is 5.84. The van der Waals surface area contributed by atoms with Crippen LogP contribution in [0.1, 0.15) is 35.8 Å². The van der Waals surface area contributed by atoms with Crippen molar-refractivity contribution >= 4 is 10.9 Å². The van der Waals surface area contributed by atoms with Crippen molar-refractivity contribution in [1.29, 1.82) is 0 Å². The Bertz CT molecular complexity index is 863. The number of H-pyrrole nitrogens is 1. The largest absolute Gasteiger partial charge is 0.469 e. The third kappa shape index (κ3) is 2.35. The molecule has 1 atom stereocenters. The Labute approximate surface area is 128 Å². The number of benzene rings is 1. The Morgan fingerprint density at radius 1 is 1.27 bits per heavy atom. The molecule has 3 aromatic rings. The van der Waals surface area contributed by atoms with E-state index in [9.17, 15) is 4.79 Å². The summed E-state index contributed by atoms with van der Waals surface area (Å²) < 4.78 is 5.51. The van der Waals surface area contributed by atoms with E-state index in [0.717, 1.165) is 41.5 Å². The fraction of sp³-hybridized carbons (Fsp3) is 0.278. The van der Waals surface area contributed by atoms with Gasteiger partial charge in [0.2, 0.25) is 0 Å². The lowest BCUT2D eigenvalue weighted by molar-refractivity contribution is 0.410. The number of pyridine rings is 1. The van der Waals surface area contributed by atoms with E-state index in [-0.39, 0.29) is 11.6 Å². The SMILES string of the molecule is O=c1[nH]c2ccccc2cc1CNC1CCCc2occc21. The average Bonchev–Trinajstić information content (AvgIpc) is 3.02. The number of rotatable bonds is 3. The third-order valence-corrected chi connectivity index (χ3v) is 4.42. The van der Waals surface area contributed by atoms with E-state index >= 15 is 0 Å². The molecule has 4 rings (SSSR count). The van der Waals surface area contributed by atoms with Crippen molar-refractivity contribution in [2.45, 2.75) is 31.8 Å². The molecule has 0 saturated carbocycles. The van der Waals surface area contributed by atoms with Crippen LogP contribution in [0.25, 0.3) is 10.9 Å². The summed E-state index contributed by atoms with van der Waals surface area (Å²) in [5, 5.41) is 4.57. The van der Waals surface area contributed by atoms with E-state index in [2.05, 4.69) is 10.3 Å². The van der Waals surface area contributed by atoms with E-state index in [1.807, 2.05) is 36.4 Å². The van der Waals surface area contributed by atoms with Crippen LogP contribution in [0.2, 0.25) is 0 Å². The van der Waals surface area contributed by atoms with Crippen LogP contribution in [0.4, 0.5) is 0 Å². The lowest BCUT2D eigenvalue weighted by Gasteiger charge is -2.22. The third-order valence-electron chi connectivity index (χ3n) is 4.42. The van der Waals surface area contributed by atoms with Crippen LogP contribution in [0, 0.1) is 0 Å². The quantitative estimate of drug-likeness (QED) is 0.779. The minimum Gasteiger partial charge on any atom is -0.469 e. The van der Waals surface area contributed by atoms with Crippen molar-refractivity contribution in [3.05, 3.63) is 69.9 Å². The van der Waals surface area contributed by atoms with Gasteiger partial charge in [0.25, 0.3) is 5.56 Å². The molecule has 2 aromatic heterocycles. The molecule has 0 saturated heterocycles. The highest BCUT2D eigenvalue weighted by atomic mass is 16.3. The number of hydrogen-bond donors (Lipinski definition) is 2. The van der Waals surface area contributed by atoms with Gasteiger partial charge in [0.05, 0.1) is 6.26 Å². The summed E-state index contributed by atoms with van der Waals surface area (Å²) in [6, 6.07) is 12.1. The van der Waals surface area contributed by atoms with E-state index < -0.39 is 0 Å². The van der Waals surface area contributed by atoms with Gasteiger partial charge in [-0.3, -0.25) is 4.79 Å². The smallest absolute Gasteiger partial charge is 0.252 e. The molecule has 0 fully saturated rings. The zero-order chi connectivity index (χ0) is 14.9. The Morgan fingerprint density at radius 3 is 3.14 bits per heavy atom. The number of nitrogens with one attached hydrogen (secondary N) is 2. The van der Waals surface area contributed by atoms with Gasteiger partial charge in [-0.15, -0.1) is 0 Å². The van der Waals surface area contributed by atoms with Crippen molar-refractivity contribution in [2.24, 2.45) is 0 Å². The molecule has 4 heteroatoms.